The second kappa shape index (κ2) is 7.81. The first-order valence-electron chi connectivity index (χ1n) is 9.00. The number of nitrogens with one attached hydrogen (secondary N) is 1. The Bertz CT molecular complexity index is 783. The Morgan fingerprint density at radius 2 is 2.19 bits per heavy atom. The summed E-state index contributed by atoms with van der Waals surface area (Å²) >= 11 is 0. The summed E-state index contributed by atoms with van der Waals surface area (Å²) in [5, 5.41) is 32.3. The molecular formula is C18H24N4O5. The maximum Gasteiger partial charge on any atom is 0.231 e. The normalized spacial score (nSPS) is 26.6. The number of rotatable bonds is 7. The van der Waals surface area contributed by atoms with Crippen LogP contribution in [0, 0.1) is 5.92 Å². The van der Waals surface area contributed by atoms with Crippen molar-refractivity contribution >= 4 is 0 Å². The summed E-state index contributed by atoms with van der Waals surface area (Å²) in [5.41, 5.74) is 1.70. The highest BCUT2D eigenvalue weighted by Gasteiger charge is 2.41. The molecule has 0 radical (unpaired) electrons. The van der Waals surface area contributed by atoms with Gasteiger partial charge in [0, 0.05) is 37.7 Å². The standard InChI is InChI=1S/C18H24N4O5/c1-25-9-13-8-22(21-20-13)7-12-5-14(17(24)16(12)23)19-6-11-3-2-4-15-18(11)27-10-26-15/h2-4,8,12,14,16-17,19,23-24H,5-7,9-10H2,1H3/t12-,14-,16-,17+/m1/s1. The number of hydrogen-bond donors (Lipinski definition) is 3. The van der Waals surface area contributed by atoms with E-state index >= 15 is 0 Å². The van der Waals surface area contributed by atoms with Gasteiger partial charge in [0.25, 0.3) is 0 Å². The zero-order valence-electron chi connectivity index (χ0n) is 15.1. The minimum absolute atomic E-state index is 0.115. The molecule has 0 unspecified atom stereocenters. The Morgan fingerprint density at radius 1 is 1.30 bits per heavy atom. The van der Waals surface area contributed by atoms with Gasteiger partial charge < -0.3 is 29.7 Å². The van der Waals surface area contributed by atoms with Gasteiger partial charge in [-0.05, 0) is 12.5 Å². The Kier molecular flexibility index (Phi) is 5.26. The van der Waals surface area contributed by atoms with Crippen molar-refractivity contribution in [2.45, 2.75) is 44.4 Å². The average molecular weight is 376 g/mol. The lowest BCUT2D eigenvalue weighted by Crippen LogP contribution is -2.39. The van der Waals surface area contributed by atoms with Crippen molar-refractivity contribution < 1.29 is 24.4 Å². The van der Waals surface area contributed by atoms with E-state index in [-0.39, 0.29) is 18.8 Å². The van der Waals surface area contributed by atoms with Gasteiger partial charge in [0.1, 0.15) is 5.69 Å². The fourth-order valence-corrected chi connectivity index (χ4v) is 3.76. The quantitative estimate of drug-likeness (QED) is 0.622. The monoisotopic (exact) mass is 376 g/mol. The summed E-state index contributed by atoms with van der Waals surface area (Å²) in [6.45, 7) is 1.63. The number of aromatic nitrogens is 3. The summed E-state index contributed by atoms with van der Waals surface area (Å²) in [6, 6.07) is 5.52. The first-order valence-corrected chi connectivity index (χ1v) is 9.00. The van der Waals surface area contributed by atoms with E-state index in [0.29, 0.717) is 26.1 Å². The van der Waals surface area contributed by atoms with Crippen LogP contribution in [0.3, 0.4) is 0 Å². The van der Waals surface area contributed by atoms with E-state index in [4.69, 9.17) is 14.2 Å². The molecule has 0 spiro atoms. The molecule has 3 N–H and O–H groups in total. The molecule has 9 heteroatoms. The molecule has 1 aliphatic heterocycles. The number of hydrogen-bond acceptors (Lipinski definition) is 8. The number of ether oxygens (including phenoxy) is 3. The second-order valence-electron chi connectivity index (χ2n) is 6.98. The van der Waals surface area contributed by atoms with Crippen LogP contribution in [-0.4, -0.2) is 57.4 Å². The predicted molar refractivity (Wildman–Crippen MR) is 94.0 cm³/mol. The minimum atomic E-state index is -0.842. The van der Waals surface area contributed by atoms with Gasteiger partial charge in [-0.25, -0.2) is 0 Å². The van der Waals surface area contributed by atoms with Gasteiger partial charge in [0.15, 0.2) is 11.5 Å². The number of benzene rings is 1. The molecule has 1 aromatic carbocycles. The number of aliphatic hydroxyl groups excluding tert-OH is 2. The lowest BCUT2D eigenvalue weighted by Gasteiger charge is -2.18. The zero-order chi connectivity index (χ0) is 18.8. The fourth-order valence-electron chi connectivity index (χ4n) is 3.76. The third-order valence-corrected chi connectivity index (χ3v) is 5.13. The molecule has 1 saturated carbocycles. The lowest BCUT2D eigenvalue weighted by atomic mass is 10.1. The van der Waals surface area contributed by atoms with Gasteiger partial charge >= 0.3 is 0 Å². The van der Waals surface area contributed by atoms with Gasteiger partial charge in [-0.2, -0.15) is 0 Å². The first kappa shape index (κ1) is 18.2. The topological polar surface area (TPSA) is 111 Å². The predicted octanol–water partition coefficient (Wildman–Crippen LogP) is 0.0533. The van der Waals surface area contributed by atoms with Gasteiger partial charge in [-0.15, -0.1) is 5.10 Å². The molecule has 2 aliphatic rings. The van der Waals surface area contributed by atoms with Crippen LogP contribution in [0.2, 0.25) is 0 Å². The second-order valence-corrected chi connectivity index (χ2v) is 6.98. The minimum Gasteiger partial charge on any atom is -0.454 e. The molecule has 9 nitrogen and oxygen atoms in total. The fraction of sp³-hybridized carbons (Fsp3) is 0.556. The average Bonchev–Trinajstić information content (AvgIpc) is 3.37. The molecule has 1 aromatic heterocycles. The van der Waals surface area contributed by atoms with Crippen LogP contribution in [0.4, 0.5) is 0 Å². The summed E-state index contributed by atoms with van der Waals surface area (Å²) in [4.78, 5) is 0. The molecule has 1 aliphatic carbocycles. The lowest BCUT2D eigenvalue weighted by molar-refractivity contribution is 0.00720. The van der Waals surface area contributed by atoms with Crippen molar-refractivity contribution in [3.8, 4) is 11.5 Å². The van der Waals surface area contributed by atoms with E-state index < -0.39 is 12.2 Å². The van der Waals surface area contributed by atoms with E-state index in [1.807, 2.05) is 18.2 Å². The summed E-state index contributed by atoms with van der Waals surface area (Å²) in [5.74, 6) is 1.36. The van der Waals surface area contributed by atoms with Crippen LogP contribution in [0.25, 0.3) is 0 Å². The molecule has 0 saturated heterocycles. The van der Waals surface area contributed by atoms with Crippen LogP contribution in [-0.2, 0) is 24.4 Å². The van der Waals surface area contributed by atoms with Gasteiger partial charge in [0.2, 0.25) is 6.79 Å². The highest BCUT2D eigenvalue weighted by molar-refractivity contribution is 5.48. The van der Waals surface area contributed by atoms with Crippen molar-refractivity contribution in [1.82, 2.24) is 20.3 Å². The van der Waals surface area contributed by atoms with E-state index in [2.05, 4.69) is 15.6 Å². The largest absolute Gasteiger partial charge is 0.454 e. The Morgan fingerprint density at radius 3 is 3.04 bits per heavy atom. The molecule has 0 bridgehead atoms. The van der Waals surface area contributed by atoms with Crippen LogP contribution in [0.1, 0.15) is 17.7 Å². The van der Waals surface area contributed by atoms with Crippen LogP contribution in [0.5, 0.6) is 11.5 Å². The Balaban J connectivity index is 1.36. The molecule has 2 aromatic rings. The Labute approximate surface area is 156 Å². The van der Waals surface area contributed by atoms with Gasteiger partial charge in [-0.3, -0.25) is 4.68 Å². The highest BCUT2D eigenvalue weighted by atomic mass is 16.7. The molecule has 4 atom stereocenters. The van der Waals surface area contributed by atoms with Crippen LogP contribution < -0.4 is 14.8 Å². The van der Waals surface area contributed by atoms with Crippen molar-refractivity contribution in [3.05, 3.63) is 35.7 Å². The van der Waals surface area contributed by atoms with Crippen molar-refractivity contribution in [1.29, 1.82) is 0 Å². The van der Waals surface area contributed by atoms with Crippen molar-refractivity contribution in [2.24, 2.45) is 5.92 Å². The van der Waals surface area contributed by atoms with Gasteiger partial charge in [0.05, 0.1) is 25.0 Å². The molecular weight excluding hydrogens is 352 g/mol. The summed E-state index contributed by atoms with van der Waals surface area (Å²) in [6.07, 6.45) is 0.770. The van der Waals surface area contributed by atoms with Crippen molar-refractivity contribution in [3.63, 3.8) is 0 Å². The number of nitrogens with zero attached hydrogens (tertiary/aromatic N) is 3. The van der Waals surface area contributed by atoms with E-state index in [1.165, 1.54) is 0 Å². The van der Waals surface area contributed by atoms with Gasteiger partial charge in [-0.1, -0.05) is 17.3 Å². The summed E-state index contributed by atoms with van der Waals surface area (Å²) in [7, 11) is 1.60. The third kappa shape index (κ3) is 3.77. The molecule has 1 fully saturated rings. The molecule has 27 heavy (non-hydrogen) atoms. The Hall–Kier alpha value is -2.20. The van der Waals surface area contributed by atoms with E-state index in [1.54, 1.807) is 18.0 Å². The molecule has 4 rings (SSSR count). The zero-order valence-corrected chi connectivity index (χ0v) is 15.1. The van der Waals surface area contributed by atoms with Crippen LogP contribution >= 0.6 is 0 Å². The SMILES string of the molecule is COCc1cn(C[C@H]2C[C@@H](NCc3cccc4c3OCO4)[C@H](O)[C@@H]2O)nn1. The van der Waals surface area contributed by atoms with Crippen LogP contribution in [0.15, 0.2) is 24.4 Å². The number of methoxy groups -OCH3 is 1. The molecule has 0 amide bonds. The van der Waals surface area contributed by atoms with E-state index in [9.17, 15) is 10.2 Å². The third-order valence-electron chi connectivity index (χ3n) is 5.13. The highest BCUT2D eigenvalue weighted by Crippen LogP contribution is 2.36. The molecule has 146 valence electrons. The maximum atomic E-state index is 10.4. The summed E-state index contributed by atoms with van der Waals surface area (Å²) < 4.78 is 17.6. The van der Waals surface area contributed by atoms with Crippen molar-refractivity contribution in [2.75, 3.05) is 13.9 Å². The number of fused-ring (bicyclic) bond motifs is 1. The smallest absolute Gasteiger partial charge is 0.231 e. The first-order chi connectivity index (χ1) is 13.2. The van der Waals surface area contributed by atoms with E-state index in [0.717, 1.165) is 22.8 Å². The molecule has 2 heterocycles. The number of aliphatic hydroxyl groups is 2. The maximum absolute atomic E-state index is 10.4. The number of para-hydroxylation sites is 1.